The van der Waals surface area contributed by atoms with Crippen molar-refractivity contribution in [2.75, 3.05) is 0 Å². The van der Waals surface area contributed by atoms with Gasteiger partial charge >= 0.3 is 5.97 Å². The maximum atomic E-state index is 11.9. The summed E-state index contributed by atoms with van der Waals surface area (Å²) in [5.74, 6) is -1.20. The minimum Gasteiger partial charge on any atom is -0.480 e. The average molecular weight is 276 g/mol. The van der Waals surface area contributed by atoms with Gasteiger partial charge in [-0.05, 0) is 36.8 Å². The van der Waals surface area contributed by atoms with Crippen LogP contribution in [0.2, 0.25) is 0 Å². The standard InChI is InChI=1S/C15H20N2O3/c16-12(15(19)20)8-9-14(18)17-13-7-3-5-10-4-1-2-6-11(10)13/h1-2,4,6,12-13H,3,5,7-9,16H2,(H,17,18)(H,19,20)/t12-,13?/m0/s1. The second-order valence-electron chi connectivity index (χ2n) is 5.19. The van der Waals surface area contributed by atoms with Gasteiger partial charge in [0.15, 0.2) is 0 Å². The Morgan fingerprint density at radius 3 is 2.90 bits per heavy atom. The van der Waals surface area contributed by atoms with E-state index in [1.807, 2.05) is 18.2 Å². The molecule has 5 heteroatoms. The summed E-state index contributed by atoms with van der Waals surface area (Å²) in [6, 6.07) is 7.18. The first kappa shape index (κ1) is 14.5. The summed E-state index contributed by atoms with van der Waals surface area (Å²) in [5.41, 5.74) is 7.85. The van der Waals surface area contributed by atoms with Crippen molar-refractivity contribution in [1.82, 2.24) is 5.32 Å². The van der Waals surface area contributed by atoms with E-state index < -0.39 is 12.0 Å². The first-order valence-electron chi connectivity index (χ1n) is 6.93. The van der Waals surface area contributed by atoms with Gasteiger partial charge in [0, 0.05) is 6.42 Å². The average Bonchev–Trinajstić information content (AvgIpc) is 2.45. The first-order valence-corrected chi connectivity index (χ1v) is 6.93. The molecule has 4 N–H and O–H groups in total. The van der Waals surface area contributed by atoms with E-state index in [4.69, 9.17) is 10.8 Å². The molecule has 0 heterocycles. The lowest BCUT2D eigenvalue weighted by Crippen LogP contribution is -2.34. The molecule has 2 atom stereocenters. The number of amides is 1. The van der Waals surface area contributed by atoms with Gasteiger partial charge < -0.3 is 16.2 Å². The summed E-state index contributed by atoms with van der Waals surface area (Å²) in [6.07, 6.45) is 3.33. The fourth-order valence-electron chi connectivity index (χ4n) is 2.58. The van der Waals surface area contributed by atoms with Crippen LogP contribution in [0.1, 0.15) is 42.9 Å². The zero-order valence-corrected chi connectivity index (χ0v) is 11.3. The Hall–Kier alpha value is -1.88. The Morgan fingerprint density at radius 1 is 1.40 bits per heavy atom. The first-order chi connectivity index (χ1) is 9.58. The van der Waals surface area contributed by atoms with Gasteiger partial charge in [0.1, 0.15) is 6.04 Å². The SMILES string of the molecule is N[C@@H](CCC(=O)NC1CCCc2ccccc21)C(=O)O. The van der Waals surface area contributed by atoms with Gasteiger partial charge in [-0.2, -0.15) is 0 Å². The second kappa shape index (κ2) is 6.52. The zero-order valence-electron chi connectivity index (χ0n) is 11.3. The van der Waals surface area contributed by atoms with Gasteiger partial charge in [-0.15, -0.1) is 0 Å². The summed E-state index contributed by atoms with van der Waals surface area (Å²) >= 11 is 0. The van der Waals surface area contributed by atoms with Crippen LogP contribution in [0.15, 0.2) is 24.3 Å². The molecule has 20 heavy (non-hydrogen) atoms. The molecule has 0 aromatic heterocycles. The number of nitrogens with two attached hydrogens (primary N) is 1. The fraction of sp³-hybridized carbons (Fsp3) is 0.467. The van der Waals surface area contributed by atoms with Gasteiger partial charge in [0.25, 0.3) is 0 Å². The van der Waals surface area contributed by atoms with Crippen LogP contribution >= 0.6 is 0 Å². The molecule has 108 valence electrons. The minimum atomic E-state index is -1.07. The molecule has 2 rings (SSSR count). The third-order valence-corrected chi connectivity index (χ3v) is 3.70. The number of rotatable bonds is 5. The largest absolute Gasteiger partial charge is 0.480 e. The van der Waals surface area contributed by atoms with Crippen LogP contribution in [-0.2, 0) is 16.0 Å². The monoisotopic (exact) mass is 276 g/mol. The van der Waals surface area contributed by atoms with Crippen molar-refractivity contribution in [2.45, 2.75) is 44.2 Å². The predicted molar refractivity (Wildman–Crippen MR) is 75.1 cm³/mol. The van der Waals surface area contributed by atoms with Crippen molar-refractivity contribution >= 4 is 11.9 Å². The second-order valence-corrected chi connectivity index (χ2v) is 5.19. The van der Waals surface area contributed by atoms with Gasteiger partial charge in [-0.3, -0.25) is 9.59 Å². The van der Waals surface area contributed by atoms with Crippen molar-refractivity contribution in [1.29, 1.82) is 0 Å². The molecule has 0 saturated carbocycles. The number of benzene rings is 1. The van der Waals surface area contributed by atoms with Crippen LogP contribution in [0.3, 0.4) is 0 Å². The van der Waals surface area contributed by atoms with E-state index in [-0.39, 0.29) is 24.8 Å². The Kier molecular flexibility index (Phi) is 4.74. The molecule has 0 spiro atoms. The number of carboxylic acid groups (broad SMARTS) is 1. The highest BCUT2D eigenvalue weighted by atomic mass is 16.4. The molecule has 1 aliphatic carbocycles. The van der Waals surface area contributed by atoms with Crippen LogP contribution in [0.25, 0.3) is 0 Å². The third-order valence-electron chi connectivity index (χ3n) is 3.70. The van der Waals surface area contributed by atoms with E-state index in [2.05, 4.69) is 11.4 Å². The van der Waals surface area contributed by atoms with Crippen molar-refractivity contribution < 1.29 is 14.7 Å². The number of nitrogens with one attached hydrogen (secondary N) is 1. The molecule has 1 aliphatic rings. The Bertz CT molecular complexity index is 502. The molecule has 0 radical (unpaired) electrons. The highest BCUT2D eigenvalue weighted by Gasteiger charge is 2.22. The predicted octanol–water partition coefficient (Wildman–Crippen LogP) is 1.37. The number of aryl methyl sites for hydroxylation is 1. The van der Waals surface area contributed by atoms with Crippen LogP contribution in [-0.4, -0.2) is 23.0 Å². The number of hydrogen-bond acceptors (Lipinski definition) is 3. The van der Waals surface area contributed by atoms with Crippen LogP contribution in [0, 0.1) is 0 Å². The molecular weight excluding hydrogens is 256 g/mol. The molecule has 1 unspecified atom stereocenters. The molecule has 0 saturated heterocycles. The van der Waals surface area contributed by atoms with Crippen LogP contribution in [0.4, 0.5) is 0 Å². The third kappa shape index (κ3) is 3.57. The molecule has 1 aromatic rings. The molecule has 1 aromatic carbocycles. The molecule has 0 bridgehead atoms. The highest BCUT2D eigenvalue weighted by molar-refractivity contribution is 5.78. The molecular formula is C15H20N2O3. The normalized spacial score (nSPS) is 18.9. The zero-order chi connectivity index (χ0) is 14.5. The van der Waals surface area contributed by atoms with Gasteiger partial charge in [0.05, 0.1) is 6.04 Å². The Labute approximate surface area is 118 Å². The molecule has 1 amide bonds. The summed E-state index contributed by atoms with van der Waals surface area (Å²) < 4.78 is 0. The van der Waals surface area contributed by atoms with Crippen molar-refractivity contribution in [2.24, 2.45) is 5.73 Å². The summed E-state index contributed by atoms with van der Waals surface area (Å²) in [4.78, 5) is 22.5. The lowest BCUT2D eigenvalue weighted by atomic mass is 9.87. The van der Waals surface area contributed by atoms with Gasteiger partial charge in [-0.25, -0.2) is 0 Å². The maximum Gasteiger partial charge on any atom is 0.320 e. The van der Waals surface area contributed by atoms with Crippen LogP contribution in [0.5, 0.6) is 0 Å². The maximum absolute atomic E-state index is 11.9. The highest BCUT2D eigenvalue weighted by Crippen LogP contribution is 2.29. The van der Waals surface area contributed by atoms with E-state index in [0.29, 0.717) is 0 Å². The lowest BCUT2D eigenvalue weighted by molar-refractivity contribution is -0.138. The number of carbonyl (C=O) groups is 2. The van der Waals surface area contributed by atoms with Crippen LogP contribution < -0.4 is 11.1 Å². The van der Waals surface area contributed by atoms with Crippen molar-refractivity contribution in [3.63, 3.8) is 0 Å². The van der Waals surface area contributed by atoms with E-state index in [1.165, 1.54) is 11.1 Å². The number of fused-ring (bicyclic) bond motifs is 1. The Balaban J connectivity index is 1.91. The van der Waals surface area contributed by atoms with E-state index >= 15 is 0 Å². The molecule has 5 nitrogen and oxygen atoms in total. The number of carboxylic acids is 1. The van der Waals surface area contributed by atoms with Gasteiger partial charge in [-0.1, -0.05) is 24.3 Å². The quantitative estimate of drug-likeness (QED) is 0.757. The van der Waals surface area contributed by atoms with E-state index in [9.17, 15) is 9.59 Å². The Morgan fingerprint density at radius 2 is 2.15 bits per heavy atom. The topological polar surface area (TPSA) is 92.4 Å². The van der Waals surface area contributed by atoms with Gasteiger partial charge in [0.2, 0.25) is 5.91 Å². The number of aliphatic carboxylic acids is 1. The molecule has 0 aliphatic heterocycles. The summed E-state index contributed by atoms with van der Waals surface area (Å²) in [5, 5.41) is 11.7. The number of carbonyl (C=O) groups excluding carboxylic acids is 1. The van der Waals surface area contributed by atoms with E-state index in [1.54, 1.807) is 0 Å². The summed E-state index contributed by atoms with van der Waals surface area (Å²) in [6.45, 7) is 0. The minimum absolute atomic E-state index is 0.0357. The van der Waals surface area contributed by atoms with E-state index in [0.717, 1.165) is 19.3 Å². The number of hydrogen-bond donors (Lipinski definition) is 3. The fourth-order valence-corrected chi connectivity index (χ4v) is 2.58. The lowest BCUT2D eigenvalue weighted by Gasteiger charge is -2.26. The molecule has 0 fully saturated rings. The van der Waals surface area contributed by atoms with Crippen molar-refractivity contribution in [3.05, 3.63) is 35.4 Å². The summed E-state index contributed by atoms with van der Waals surface area (Å²) in [7, 11) is 0. The smallest absolute Gasteiger partial charge is 0.320 e. The van der Waals surface area contributed by atoms with Crippen molar-refractivity contribution in [3.8, 4) is 0 Å².